The molecule has 0 radical (unpaired) electrons. The number of rotatable bonds is 7. The van der Waals surface area contributed by atoms with Crippen molar-refractivity contribution < 1.29 is 18.8 Å². The summed E-state index contributed by atoms with van der Waals surface area (Å²) in [7, 11) is 0. The Morgan fingerprint density at radius 1 is 1.13 bits per heavy atom. The highest BCUT2D eigenvalue weighted by molar-refractivity contribution is 9.10. The van der Waals surface area contributed by atoms with Gasteiger partial charge in [0.2, 0.25) is 0 Å². The largest absolute Gasteiger partial charge is 0.393 e. The lowest BCUT2D eigenvalue weighted by molar-refractivity contribution is -0.384. The summed E-state index contributed by atoms with van der Waals surface area (Å²) < 4.78 is 22.4. The van der Waals surface area contributed by atoms with Crippen LogP contribution in [0.4, 0.5) is 15.8 Å². The molecule has 1 aromatic heterocycles. The average Bonchev–Trinajstić information content (AvgIpc) is 3.45. The minimum absolute atomic E-state index is 0.0788. The van der Waals surface area contributed by atoms with E-state index in [9.17, 15) is 19.3 Å². The first kappa shape index (κ1) is 25.6. The second-order valence-electron chi connectivity index (χ2n) is 8.92. The molecule has 1 aliphatic heterocycles. The van der Waals surface area contributed by atoms with Crippen molar-refractivity contribution in [2.75, 3.05) is 12.3 Å². The number of amides is 1. The maximum Gasteiger partial charge on any atom is 0.292 e. The van der Waals surface area contributed by atoms with Crippen molar-refractivity contribution >= 4 is 33.2 Å². The predicted molar refractivity (Wildman–Crippen MR) is 143 cm³/mol. The summed E-state index contributed by atoms with van der Waals surface area (Å²) in [5, 5.41) is 16.1. The Bertz CT molecular complexity index is 1510. The zero-order valence-corrected chi connectivity index (χ0v) is 21.8. The van der Waals surface area contributed by atoms with Crippen molar-refractivity contribution in [1.82, 2.24) is 14.7 Å². The molecular formula is C27H23BrFN5O4. The second kappa shape index (κ2) is 10.3. The molecule has 2 N–H and O–H groups in total. The van der Waals surface area contributed by atoms with Crippen LogP contribution < -0.4 is 5.73 Å². The number of nitrogens with two attached hydrogens (primary N) is 1. The van der Waals surface area contributed by atoms with Gasteiger partial charge in [0.1, 0.15) is 23.3 Å². The number of benzene rings is 3. The van der Waals surface area contributed by atoms with Gasteiger partial charge in [-0.1, -0.05) is 22.0 Å². The van der Waals surface area contributed by atoms with Crippen molar-refractivity contribution in [2.24, 2.45) is 0 Å². The molecule has 3 aromatic carbocycles. The molecule has 0 saturated carbocycles. The van der Waals surface area contributed by atoms with Gasteiger partial charge < -0.3 is 15.4 Å². The number of hydrogen-bond acceptors (Lipinski definition) is 6. The first-order valence-electron chi connectivity index (χ1n) is 11.8. The van der Waals surface area contributed by atoms with Gasteiger partial charge in [0, 0.05) is 34.4 Å². The molecule has 0 bridgehead atoms. The van der Waals surface area contributed by atoms with E-state index in [4.69, 9.17) is 15.6 Å². The summed E-state index contributed by atoms with van der Waals surface area (Å²) in [5.74, 6) is -0.579. The van der Waals surface area contributed by atoms with Crippen LogP contribution in [0.25, 0.3) is 16.9 Å². The Morgan fingerprint density at radius 3 is 2.53 bits per heavy atom. The van der Waals surface area contributed by atoms with Crippen molar-refractivity contribution in [2.45, 2.75) is 25.7 Å². The number of halogens is 2. The molecule has 1 aliphatic rings. The van der Waals surface area contributed by atoms with Crippen LogP contribution in [0.2, 0.25) is 0 Å². The maximum atomic E-state index is 13.7. The van der Waals surface area contributed by atoms with E-state index in [-0.39, 0.29) is 29.6 Å². The van der Waals surface area contributed by atoms with Crippen molar-refractivity contribution in [3.05, 3.63) is 104 Å². The van der Waals surface area contributed by atoms with Gasteiger partial charge in [-0.15, -0.1) is 0 Å². The van der Waals surface area contributed by atoms with Crippen LogP contribution in [0.15, 0.2) is 77.4 Å². The summed E-state index contributed by atoms with van der Waals surface area (Å²) in [5.41, 5.74) is 8.95. The zero-order valence-electron chi connectivity index (χ0n) is 20.3. The SMILES string of the molecule is C[C@H]1O[C@@H](c2cn(-c3ccc(Br)cc3)nc2-c2ccc(F)cc2)N(CCc2ccc(N)c([N+](=O)[O-])c2)C1=O. The van der Waals surface area contributed by atoms with Gasteiger partial charge in [-0.3, -0.25) is 14.9 Å². The van der Waals surface area contributed by atoms with E-state index in [1.807, 2.05) is 24.3 Å². The van der Waals surface area contributed by atoms with Crippen LogP contribution in [0, 0.1) is 15.9 Å². The highest BCUT2D eigenvalue weighted by Gasteiger charge is 2.40. The van der Waals surface area contributed by atoms with Gasteiger partial charge in [-0.05, 0) is 73.5 Å². The van der Waals surface area contributed by atoms with E-state index in [1.54, 1.807) is 40.9 Å². The molecule has 1 fully saturated rings. The molecular weight excluding hydrogens is 557 g/mol. The lowest BCUT2D eigenvalue weighted by atomic mass is 10.1. The fourth-order valence-corrected chi connectivity index (χ4v) is 4.69. The van der Waals surface area contributed by atoms with Gasteiger partial charge in [-0.25, -0.2) is 9.07 Å². The summed E-state index contributed by atoms with van der Waals surface area (Å²) in [4.78, 5) is 25.5. The topological polar surface area (TPSA) is 117 Å². The summed E-state index contributed by atoms with van der Waals surface area (Å²) in [6, 6.07) is 18.2. The van der Waals surface area contributed by atoms with Crippen LogP contribution in [0.5, 0.6) is 0 Å². The number of nitro groups is 1. The highest BCUT2D eigenvalue weighted by atomic mass is 79.9. The second-order valence-corrected chi connectivity index (χ2v) is 9.84. The van der Waals surface area contributed by atoms with Crippen molar-refractivity contribution in [3.8, 4) is 16.9 Å². The highest BCUT2D eigenvalue weighted by Crippen LogP contribution is 2.37. The molecule has 1 saturated heterocycles. The number of aromatic nitrogens is 2. The lowest BCUT2D eigenvalue weighted by Gasteiger charge is -2.23. The zero-order chi connectivity index (χ0) is 27.0. The van der Waals surface area contributed by atoms with Crippen molar-refractivity contribution in [1.29, 1.82) is 0 Å². The molecule has 38 heavy (non-hydrogen) atoms. The van der Waals surface area contributed by atoms with E-state index in [2.05, 4.69) is 15.9 Å². The standard InChI is InChI=1S/C27H23BrFN5O4/c1-16-26(35)32(13-12-17-2-11-23(30)24(14-17)34(36)37)27(38-16)22-15-33(21-9-5-19(28)6-10-21)31-25(22)18-3-7-20(29)8-4-18/h2-11,14-16,27H,12-13,30H2,1H3/t16-,27+/m1/s1. The van der Waals surface area contributed by atoms with Gasteiger partial charge in [0.15, 0.2) is 6.23 Å². The summed E-state index contributed by atoms with van der Waals surface area (Å²) in [6.07, 6.45) is 0.703. The van der Waals surface area contributed by atoms with Crippen molar-refractivity contribution in [3.63, 3.8) is 0 Å². The Labute approximate surface area is 225 Å². The Kier molecular flexibility index (Phi) is 6.96. The summed E-state index contributed by atoms with van der Waals surface area (Å²) in [6.45, 7) is 1.93. The third-order valence-electron chi connectivity index (χ3n) is 6.40. The third kappa shape index (κ3) is 5.02. The van der Waals surface area contributed by atoms with E-state index in [0.717, 1.165) is 10.2 Å². The van der Waals surface area contributed by atoms with E-state index in [0.29, 0.717) is 28.8 Å². The van der Waals surface area contributed by atoms with Crippen LogP contribution in [-0.2, 0) is 16.0 Å². The molecule has 0 spiro atoms. The number of carbonyl (C=O) groups is 1. The number of ether oxygens (including phenoxy) is 1. The monoisotopic (exact) mass is 579 g/mol. The Hall–Kier alpha value is -4.09. The lowest BCUT2D eigenvalue weighted by Crippen LogP contribution is -2.32. The van der Waals surface area contributed by atoms with Crippen LogP contribution in [-0.4, -0.2) is 38.2 Å². The molecule has 0 unspecified atom stereocenters. The number of hydrogen-bond donors (Lipinski definition) is 1. The number of nitrogen functional groups attached to an aromatic ring is 1. The fourth-order valence-electron chi connectivity index (χ4n) is 4.42. The molecule has 1 amide bonds. The van der Waals surface area contributed by atoms with Gasteiger partial charge in [0.25, 0.3) is 11.6 Å². The minimum Gasteiger partial charge on any atom is -0.393 e. The Morgan fingerprint density at radius 2 is 1.84 bits per heavy atom. The average molecular weight is 580 g/mol. The van der Waals surface area contributed by atoms with Gasteiger partial charge >= 0.3 is 0 Å². The fraction of sp³-hybridized carbons (Fsp3) is 0.185. The number of anilines is 1. The normalized spacial score (nSPS) is 17.2. The number of nitro benzene ring substituents is 1. The molecule has 2 atom stereocenters. The Balaban J connectivity index is 1.51. The minimum atomic E-state index is -0.759. The third-order valence-corrected chi connectivity index (χ3v) is 6.93. The smallest absolute Gasteiger partial charge is 0.292 e. The van der Waals surface area contributed by atoms with Gasteiger partial charge in [-0.2, -0.15) is 5.10 Å². The first-order valence-corrected chi connectivity index (χ1v) is 12.6. The predicted octanol–water partition coefficient (Wildman–Crippen LogP) is 5.42. The van der Waals surface area contributed by atoms with Gasteiger partial charge in [0.05, 0.1) is 10.6 Å². The van der Waals surface area contributed by atoms with E-state index < -0.39 is 17.3 Å². The molecule has 11 heteroatoms. The number of carbonyl (C=O) groups excluding carboxylic acids is 1. The molecule has 5 rings (SSSR count). The first-order chi connectivity index (χ1) is 18.2. The van der Waals surface area contributed by atoms with Crippen LogP contribution in [0.3, 0.4) is 0 Å². The maximum absolute atomic E-state index is 13.7. The molecule has 9 nitrogen and oxygen atoms in total. The molecule has 2 heterocycles. The van der Waals surface area contributed by atoms with Crippen LogP contribution in [0.1, 0.15) is 24.3 Å². The quantitative estimate of drug-likeness (QED) is 0.177. The summed E-state index contributed by atoms with van der Waals surface area (Å²) >= 11 is 3.44. The van der Waals surface area contributed by atoms with Crippen LogP contribution >= 0.6 is 15.9 Å². The molecule has 0 aliphatic carbocycles. The molecule has 4 aromatic rings. The number of nitrogens with zero attached hydrogens (tertiary/aromatic N) is 4. The van der Waals surface area contributed by atoms with E-state index >= 15 is 0 Å². The van der Waals surface area contributed by atoms with E-state index in [1.165, 1.54) is 24.3 Å². The molecule has 194 valence electrons.